The maximum Gasteiger partial charge on any atom is 0.200 e. The van der Waals surface area contributed by atoms with Gasteiger partial charge in [0.15, 0.2) is 0 Å². The number of nitrogens with zero attached hydrogens (tertiary/aromatic N) is 1. The van der Waals surface area contributed by atoms with E-state index in [4.69, 9.17) is 4.42 Å². The third-order valence-corrected chi connectivity index (χ3v) is 9.01. The second kappa shape index (κ2) is 10.5. The van der Waals surface area contributed by atoms with Gasteiger partial charge >= 0.3 is 0 Å². The molecule has 46 heavy (non-hydrogen) atoms. The molecular formula is C43H27NO2. The van der Waals surface area contributed by atoms with Gasteiger partial charge in [-0.05, 0) is 58.7 Å². The molecule has 0 radical (unpaired) electrons. The molecule has 0 fully saturated rings. The molecule has 3 nitrogen and oxygen atoms in total. The van der Waals surface area contributed by atoms with Gasteiger partial charge in [-0.2, -0.15) is 0 Å². The average molecular weight is 590 g/mol. The van der Waals surface area contributed by atoms with Gasteiger partial charge in [-0.3, -0.25) is 4.79 Å². The van der Waals surface area contributed by atoms with Gasteiger partial charge in [0.25, 0.3) is 0 Å². The quantitative estimate of drug-likeness (QED) is 0.191. The molecule has 9 rings (SSSR count). The molecule has 3 heteroatoms. The molecule has 7 aromatic carbocycles. The van der Waals surface area contributed by atoms with E-state index in [1.807, 2.05) is 42.5 Å². The highest BCUT2D eigenvalue weighted by atomic mass is 16.3. The summed E-state index contributed by atoms with van der Waals surface area (Å²) in [4.78, 5) is 13.4. The van der Waals surface area contributed by atoms with E-state index in [1.54, 1.807) is 0 Å². The van der Waals surface area contributed by atoms with E-state index in [1.165, 1.54) is 44.1 Å². The third-order valence-electron chi connectivity index (χ3n) is 9.01. The summed E-state index contributed by atoms with van der Waals surface area (Å²) < 4.78 is 8.48. The molecule has 0 unspecified atom stereocenters. The molecule has 0 atom stereocenters. The summed E-state index contributed by atoms with van der Waals surface area (Å²) in [6.07, 6.45) is 0. The smallest absolute Gasteiger partial charge is 0.200 e. The Labute approximate surface area is 265 Å². The second-order valence-electron chi connectivity index (χ2n) is 11.7. The molecule has 0 N–H and O–H groups in total. The molecule has 0 aliphatic heterocycles. The SMILES string of the molecule is O=c1c2ccccc2oc2ccc(-c3ccc(-n4c5c(-c6ccccc6)cccc5c5cccc(-c6ccccc6)c54)cc3)cc12. The third kappa shape index (κ3) is 4.10. The van der Waals surface area contributed by atoms with Crippen molar-refractivity contribution in [2.45, 2.75) is 0 Å². The lowest BCUT2D eigenvalue weighted by molar-refractivity contribution is 0.660. The predicted octanol–water partition coefficient (Wildman–Crippen LogP) is 11.0. The van der Waals surface area contributed by atoms with Crippen molar-refractivity contribution in [3.63, 3.8) is 0 Å². The fourth-order valence-corrected chi connectivity index (χ4v) is 6.86. The van der Waals surface area contributed by atoms with Crippen LogP contribution in [0, 0.1) is 0 Å². The Hall–Kier alpha value is -6.19. The van der Waals surface area contributed by atoms with Crippen LogP contribution in [0.2, 0.25) is 0 Å². The first kappa shape index (κ1) is 26.2. The fraction of sp³-hybridized carbons (Fsp3) is 0. The summed E-state index contributed by atoms with van der Waals surface area (Å²) in [6.45, 7) is 0. The van der Waals surface area contributed by atoms with Gasteiger partial charge in [0.2, 0.25) is 5.43 Å². The van der Waals surface area contributed by atoms with E-state index in [2.05, 4.69) is 126 Å². The van der Waals surface area contributed by atoms with Crippen LogP contribution >= 0.6 is 0 Å². The number of fused-ring (bicyclic) bond motifs is 5. The first-order valence-corrected chi connectivity index (χ1v) is 15.5. The first-order valence-electron chi connectivity index (χ1n) is 15.5. The van der Waals surface area contributed by atoms with Gasteiger partial charge in [-0.15, -0.1) is 0 Å². The zero-order chi connectivity index (χ0) is 30.6. The van der Waals surface area contributed by atoms with E-state index in [0.717, 1.165) is 16.8 Å². The lowest BCUT2D eigenvalue weighted by Gasteiger charge is -2.14. The Bertz CT molecular complexity index is 2530. The minimum Gasteiger partial charge on any atom is -0.456 e. The molecule has 0 amide bonds. The summed E-state index contributed by atoms with van der Waals surface area (Å²) in [6, 6.07) is 56.4. The van der Waals surface area contributed by atoms with Gasteiger partial charge in [0, 0.05) is 27.6 Å². The van der Waals surface area contributed by atoms with Crippen molar-refractivity contribution in [2.75, 3.05) is 0 Å². The van der Waals surface area contributed by atoms with Crippen molar-refractivity contribution in [3.8, 4) is 39.1 Å². The van der Waals surface area contributed by atoms with Crippen LogP contribution in [-0.4, -0.2) is 4.57 Å². The van der Waals surface area contributed by atoms with E-state index in [9.17, 15) is 4.79 Å². The highest BCUT2D eigenvalue weighted by molar-refractivity contribution is 6.17. The van der Waals surface area contributed by atoms with Gasteiger partial charge in [-0.25, -0.2) is 0 Å². The van der Waals surface area contributed by atoms with Gasteiger partial charge < -0.3 is 8.98 Å². The number of benzene rings is 7. The van der Waals surface area contributed by atoms with Gasteiger partial charge in [-0.1, -0.05) is 127 Å². The standard InChI is InChI=1S/C43H27NO2/c45-43-37-15-7-8-20-39(37)46-40-26-23-31(27-38(40)43)28-21-24-32(25-22-28)44-41-33(29-11-3-1-4-12-29)16-9-18-35(41)36-19-10-17-34(42(36)44)30-13-5-2-6-14-30/h1-27H. The summed E-state index contributed by atoms with van der Waals surface area (Å²) in [5.74, 6) is 0. The van der Waals surface area contributed by atoms with Crippen molar-refractivity contribution >= 4 is 43.7 Å². The molecule has 0 saturated carbocycles. The van der Waals surface area contributed by atoms with Crippen LogP contribution in [0.25, 0.3) is 82.8 Å². The molecule has 2 aromatic heterocycles. The lowest BCUT2D eigenvalue weighted by Crippen LogP contribution is -2.02. The molecule has 9 aromatic rings. The van der Waals surface area contributed by atoms with Crippen LogP contribution in [0.15, 0.2) is 173 Å². The topological polar surface area (TPSA) is 35.1 Å². The highest BCUT2D eigenvalue weighted by Gasteiger charge is 2.19. The molecule has 0 aliphatic carbocycles. The summed E-state index contributed by atoms with van der Waals surface area (Å²) in [5.41, 5.74) is 11.3. The molecule has 216 valence electrons. The fourth-order valence-electron chi connectivity index (χ4n) is 6.86. The van der Waals surface area contributed by atoms with Gasteiger partial charge in [0.1, 0.15) is 11.2 Å². The molecule has 0 spiro atoms. The van der Waals surface area contributed by atoms with Crippen molar-refractivity contribution in [1.82, 2.24) is 4.57 Å². The molecular weight excluding hydrogens is 562 g/mol. The van der Waals surface area contributed by atoms with Crippen LogP contribution in [0.5, 0.6) is 0 Å². The number of aromatic nitrogens is 1. The molecule has 0 saturated heterocycles. The lowest BCUT2D eigenvalue weighted by atomic mass is 10.0. The molecule has 0 aliphatic rings. The summed E-state index contributed by atoms with van der Waals surface area (Å²) in [5, 5.41) is 3.61. The van der Waals surface area contributed by atoms with E-state index in [0.29, 0.717) is 21.9 Å². The summed E-state index contributed by atoms with van der Waals surface area (Å²) in [7, 11) is 0. The van der Waals surface area contributed by atoms with Crippen molar-refractivity contribution in [3.05, 3.63) is 174 Å². The number of para-hydroxylation sites is 3. The Kier molecular flexibility index (Phi) is 5.97. The number of rotatable bonds is 4. The zero-order valence-electron chi connectivity index (χ0n) is 24.9. The van der Waals surface area contributed by atoms with Gasteiger partial charge in [0.05, 0.1) is 21.8 Å². The van der Waals surface area contributed by atoms with Crippen LogP contribution < -0.4 is 5.43 Å². The monoisotopic (exact) mass is 589 g/mol. The zero-order valence-corrected chi connectivity index (χ0v) is 24.9. The van der Waals surface area contributed by atoms with Crippen molar-refractivity contribution in [1.29, 1.82) is 0 Å². The first-order chi connectivity index (χ1) is 22.7. The Morgan fingerprint density at radius 3 is 1.54 bits per heavy atom. The van der Waals surface area contributed by atoms with Crippen molar-refractivity contribution in [2.24, 2.45) is 0 Å². The second-order valence-corrected chi connectivity index (χ2v) is 11.7. The minimum absolute atomic E-state index is 0.0116. The van der Waals surface area contributed by atoms with Crippen LogP contribution in [0.3, 0.4) is 0 Å². The van der Waals surface area contributed by atoms with Crippen molar-refractivity contribution < 1.29 is 4.42 Å². The Morgan fingerprint density at radius 1 is 0.391 bits per heavy atom. The maximum absolute atomic E-state index is 13.4. The average Bonchev–Trinajstić information content (AvgIpc) is 3.47. The summed E-state index contributed by atoms with van der Waals surface area (Å²) >= 11 is 0. The van der Waals surface area contributed by atoms with E-state index in [-0.39, 0.29) is 5.43 Å². The van der Waals surface area contributed by atoms with Crippen LogP contribution in [0.4, 0.5) is 0 Å². The molecule has 2 heterocycles. The highest BCUT2D eigenvalue weighted by Crippen LogP contribution is 2.42. The van der Waals surface area contributed by atoms with Crippen LogP contribution in [-0.2, 0) is 0 Å². The largest absolute Gasteiger partial charge is 0.456 e. The number of hydrogen-bond donors (Lipinski definition) is 0. The van der Waals surface area contributed by atoms with E-state index < -0.39 is 0 Å². The number of hydrogen-bond acceptors (Lipinski definition) is 2. The van der Waals surface area contributed by atoms with E-state index >= 15 is 0 Å². The normalized spacial score (nSPS) is 11.6. The maximum atomic E-state index is 13.4. The molecule has 0 bridgehead atoms. The predicted molar refractivity (Wildman–Crippen MR) is 191 cm³/mol. The Balaban J connectivity index is 1.27. The minimum atomic E-state index is -0.0116. The Morgan fingerprint density at radius 2 is 0.913 bits per heavy atom. The van der Waals surface area contributed by atoms with Crippen LogP contribution in [0.1, 0.15) is 0 Å².